The summed E-state index contributed by atoms with van der Waals surface area (Å²) >= 11 is 0. The van der Waals surface area contributed by atoms with Crippen molar-refractivity contribution in [2.45, 2.75) is 31.9 Å². The van der Waals surface area contributed by atoms with E-state index in [1.807, 2.05) is 15.7 Å². The van der Waals surface area contributed by atoms with E-state index in [-0.39, 0.29) is 12.1 Å². The maximum atomic E-state index is 12.5. The third kappa shape index (κ3) is 3.36. The van der Waals surface area contributed by atoms with E-state index in [1.54, 1.807) is 12.5 Å². The van der Waals surface area contributed by atoms with Gasteiger partial charge in [0.15, 0.2) is 0 Å². The maximum Gasteiger partial charge on any atom is 0.341 e. The highest BCUT2D eigenvalue weighted by atomic mass is 16.6. The van der Waals surface area contributed by atoms with Gasteiger partial charge in [-0.15, -0.1) is 0 Å². The number of ether oxygens (including phenoxy) is 2. The van der Waals surface area contributed by atoms with Gasteiger partial charge in [0, 0.05) is 44.3 Å². The van der Waals surface area contributed by atoms with Crippen LogP contribution in [0.25, 0.3) is 0 Å². The summed E-state index contributed by atoms with van der Waals surface area (Å²) in [5.74, 6) is -0.00941. The number of carbonyl (C=O) groups excluding carboxylic acids is 2. The molecule has 9 nitrogen and oxygen atoms in total. The average Bonchev–Trinajstić information content (AvgIpc) is 3.30. The Kier molecular flexibility index (Phi) is 4.51. The van der Waals surface area contributed by atoms with Gasteiger partial charge in [0.25, 0.3) is 0 Å². The molecular formula is C18H21N5O4. The minimum Gasteiger partial charge on any atom is -0.465 e. The van der Waals surface area contributed by atoms with Gasteiger partial charge in [-0.2, -0.15) is 0 Å². The van der Waals surface area contributed by atoms with Gasteiger partial charge in [-0.25, -0.2) is 19.7 Å². The van der Waals surface area contributed by atoms with Crippen molar-refractivity contribution in [1.29, 1.82) is 0 Å². The zero-order chi connectivity index (χ0) is 18.9. The van der Waals surface area contributed by atoms with E-state index in [4.69, 9.17) is 4.74 Å². The van der Waals surface area contributed by atoms with E-state index in [2.05, 4.69) is 19.7 Å². The molecule has 27 heavy (non-hydrogen) atoms. The standard InChI is InChI=1S/C18H21N5O4/c1-26-15(24)13-9-20-17(21-10-13)23-5-2-18(3-6-23)8-14(27-16(18)25)11-22-7-4-19-12-22/h4,7,9-10,12,14H,2-3,5-6,8,11H2,1H3. The predicted molar refractivity (Wildman–Crippen MR) is 94.0 cm³/mol. The third-order valence-electron chi connectivity index (χ3n) is 5.36. The molecule has 2 aliphatic heterocycles. The molecule has 0 bridgehead atoms. The molecule has 0 radical (unpaired) electrons. The SMILES string of the molecule is COC(=O)c1cnc(N2CCC3(CC2)CC(Cn2ccnc2)OC3=O)nc1. The number of aromatic nitrogens is 4. The molecular weight excluding hydrogens is 350 g/mol. The van der Waals surface area contributed by atoms with Crippen molar-refractivity contribution in [3.8, 4) is 0 Å². The Bertz CT molecular complexity index is 813. The molecule has 1 atom stereocenters. The van der Waals surface area contributed by atoms with Gasteiger partial charge in [-0.3, -0.25) is 4.79 Å². The van der Waals surface area contributed by atoms with Crippen LogP contribution in [0.1, 0.15) is 29.6 Å². The zero-order valence-electron chi connectivity index (χ0n) is 15.1. The van der Waals surface area contributed by atoms with Gasteiger partial charge in [0.05, 0.1) is 31.0 Å². The van der Waals surface area contributed by atoms with Crippen LogP contribution in [0.3, 0.4) is 0 Å². The van der Waals surface area contributed by atoms with Crippen LogP contribution < -0.4 is 4.90 Å². The van der Waals surface area contributed by atoms with E-state index >= 15 is 0 Å². The van der Waals surface area contributed by atoms with Crippen LogP contribution in [0, 0.1) is 5.41 Å². The Morgan fingerprint density at radius 1 is 1.33 bits per heavy atom. The number of hydrogen-bond donors (Lipinski definition) is 0. The first-order chi connectivity index (χ1) is 13.1. The van der Waals surface area contributed by atoms with Crippen molar-refractivity contribution in [3.05, 3.63) is 36.7 Å². The van der Waals surface area contributed by atoms with Crippen LogP contribution in [0.5, 0.6) is 0 Å². The second-order valence-corrected chi connectivity index (χ2v) is 7.02. The first kappa shape index (κ1) is 17.4. The van der Waals surface area contributed by atoms with E-state index in [0.717, 1.165) is 6.42 Å². The molecule has 2 aliphatic rings. The topological polar surface area (TPSA) is 99.4 Å². The second-order valence-electron chi connectivity index (χ2n) is 7.02. The molecule has 2 saturated heterocycles. The van der Waals surface area contributed by atoms with Crippen molar-refractivity contribution in [3.63, 3.8) is 0 Å². The van der Waals surface area contributed by atoms with Crippen molar-refractivity contribution < 1.29 is 19.1 Å². The molecule has 0 aliphatic carbocycles. The number of imidazole rings is 1. The average molecular weight is 371 g/mol. The zero-order valence-corrected chi connectivity index (χ0v) is 15.1. The number of anilines is 1. The van der Waals surface area contributed by atoms with Crippen molar-refractivity contribution >= 4 is 17.9 Å². The molecule has 1 spiro atoms. The smallest absolute Gasteiger partial charge is 0.341 e. The lowest BCUT2D eigenvalue weighted by atomic mass is 9.76. The minimum absolute atomic E-state index is 0.103. The molecule has 142 valence electrons. The first-order valence-electron chi connectivity index (χ1n) is 8.92. The normalized spacial score (nSPS) is 21.3. The van der Waals surface area contributed by atoms with Crippen LogP contribution in [0.4, 0.5) is 5.95 Å². The highest BCUT2D eigenvalue weighted by molar-refractivity contribution is 5.88. The number of carbonyl (C=O) groups is 2. The Hall–Kier alpha value is -2.97. The van der Waals surface area contributed by atoms with Crippen LogP contribution in [0.2, 0.25) is 0 Å². The van der Waals surface area contributed by atoms with E-state index < -0.39 is 11.4 Å². The van der Waals surface area contributed by atoms with Crippen LogP contribution in [-0.2, 0) is 20.8 Å². The minimum atomic E-state index is -0.461. The highest BCUT2D eigenvalue weighted by Crippen LogP contribution is 2.43. The summed E-state index contributed by atoms with van der Waals surface area (Å²) in [5, 5.41) is 0. The Labute approximate surface area is 156 Å². The van der Waals surface area contributed by atoms with Gasteiger partial charge in [-0.05, 0) is 12.8 Å². The molecule has 4 rings (SSSR count). The summed E-state index contributed by atoms with van der Waals surface area (Å²) in [4.78, 5) is 38.6. The predicted octanol–water partition coefficient (Wildman–Crippen LogP) is 1.06. The highest BCUT2D eigenvalue weighted by Gasteiger charge is 2.50. The van der Waals surface area contributed by atoms with Gasteiger partial charge >= 0.3 is 11.9 Å². The van der Waals surface area contributed by atoms with Gasteiger partial charge in [0.1, 0.15) is 6.10 Å². The Morgan fingerprint density at radius 3 is 2.70 bits per heavy atom. The van der Waals surface area contributed by atoms with Gasteiger partial charge in [-0.1, -0.05) is 0 Å². The fourth-order valence-corrected chi connectivity index (χ4v) is 3.82. The molecule has 9 heteroatoms. The summed E-state index contributed by atoms with van der Waals surface area (Å²) < 4.78 is 12.2. The molecule has 0 saturated carbocycles. The van der Waals surface area contributed by atoms with Crippen LogP contribution in [-0.4, -0.2) is 57.8 Å². The lowest BCUT2D eigenvalue weighted by Crippen LogP contribution is -2.43. The van der Waals surface area contributed by atoms with Crippen molar-refractivity contribution in [2.24, 2.45) is 5.41 Å². The van der Waals surface area contributed by atoms with E-state index in [9.17, 15) is 9.59 Å². The quantitative estimate of drug-likeness (QED) is 0.736. The van der Waals surface area contributed by atoms with Gasteiger partial charge in [0.2, 0.25) is 5.95 Å². The third-order valence-corrected chi connectivity index (χ3v) is 5.36. The van der Waals surface area contributed by atoms with Crippen LogP contribution >= 0.6 is 0 Å². The summed E-state index contributed by atoms with van der Waals surface area (Å²) in [6.07, 6.45) is 10.3. The van der Waals surface area contributed by atoms with E-state index in [0.29, 0.717) is 44.0 Å². The summed E-state index contributed by atoms with van der Waals surface area (Å²) in [6, 6.07) is 0. The first-order valence-corrected chi connectivity index (χ1v) is 8.92. The molecule has 2 aromatic rings. The largest absolute Gasteiger partial charge is 0.465 e. The maximum absolute atomic E-state index is 12.5. The lowest BCUT2D eigenvalue weighted by Gasteiger charge is -2.36. The molecule has 0 aromatic carbocycles. The number of nitrogens with zero attached hydrogens (tertiary/aromatic N) is 5. The molecule has 0 N–H and O–H groups in total. The second kappa shape index (κ2) is 6.98. The van der Waals surface area contributed by atoms with Crippen molar-refractivity contribution in [2.75, 3.05) is 25.1 Å². The Balaban J connectivity index is 1.38. The van der Waals surface area contributed by atoms with E-state index in [1.165, 1.54) is 19.5 Å². The number of piperidine rings is 1. The number of methoxy groups -OCH3 is 1. The fraction of sp³-hybridized carbons (Fsp3) is 0.500. The number of esters is 2. The number of cyclic esters (lactones) is 1. The monoisotopic (exact) mass is 371 g/mol. The molecule has 2 aromatic heterocycles. The number of rotatable bonds is 4. The summed E-state index contributed by atoms with van der Waals surface area (Å²) in [5.41, 5.74) is -0.107. The lowest BCUT2D eigenvalue weighted by molar-refractivity contribution is -0.150. The Morgan fingerprint density at radius 2 is 2.07 bits per heavy atom. The molecule has 0 amide bonds. The number of hydrogen-bond acceptors (Lipinski definition) is 8. The summed E-state index contributed by atoms with van der Waals surface area (Å²) in [6.45, 7) is 1.98. The molecule has 2 fully saturated rings. The fourth-order valence-electron chi connectivity index (χ4n) is 3.82. The molecule has 4 heterocycles. The van der Waals surface area contributed by atoms with Crippen molar-refractivity contribution in [1.82, 2.24) is 19.5 Å². The van der Waals surface area contributed by atoms with Crippen LogP contribution in [0.15, 0.2) is 31.1 Å². The van der Waals surface area contributed by atoms with Gasteiger partial charge < -0.3 is 18.9 Å². The summed E-state index contributed by atoms with van der Waals surface area (Å²) in [7, 11) is 1.32. The molecule has 1 unspecified atom stereocenters.